The lowest BCUT2D eigenvalue weighted by molar-refractivity contribution is -0.138. The fourth-order valence-corrected chi connectivity index (χ4v) is 3.19. The molecule has 1 aromatic rings. The molecule has 1 N–H and O–H groups in total. The van der Waals surface area contributed by atoms with E-state index in [4.69, 9.17) is 9.84 Å². The van der Waals surface area contributed by atoms with Crippen molar-refractivity contribution < 1.29 is 19.4 Å². The van der Waals surface area contributed by atoms with Gasteiger partial charge in [-0.25, -0.2) is 4.79 Å². The molecule has 1 amide bonds. The Balaban J connectivity index is 1.98. The fraction of sp³-hybridized carbons (Fsp3) is 0.556. The highest BCUT2D eigenvalue weighted by Gasteiger charge is 2.30. The lowest BCUT2D eigenvalue weighted by Gasteiger charge is -2.35. The Kier molecular flexibility index (Phi) is 6.44. The van der Waals surface area contributed by atoms with Gasteiger partial charge in [0, 0.05) is 6.04 Å². The number of aliphatic carboxylic acids is 1. The Hall–Kier alpha value is -2.04. The van der Waals surface area contributed by atoms with Gasteiger partial charge in [-0.05, 0) is 31.2 Å². The summed E-state index contributed by atoms with van der Waals surface area (Å²) in [7, 11) is 0. The smallest absolute Gasteiger partial charge is 0.410 e. The zero-order chi connectivity index (χ0) is 16.7. The van der Waals surface area contributed by atoms with Crippen molar-refractivity contribution in [3.8, 4) is 0 Å². The quantitative estimate of drug-likeness (QED) is 0.868. The summed E-state index contributed by atoms with van der Waals surface area (Å²) < 4.78 is 5.33. The molecule has 0 radical (unpaired) electrons. The van der Waals surface area contributed by atoms with E-state index in [0.29, 0.717) is 5.92 Å². The second-order valence-corrected chi connectivity index (χ2v) is 6.20. The molecule has 0 saturated heterocycles. The van der Waals surface area contributed by atoms with Crippen molar-refractivity contribution in [3.05, 3.63) is 35.9 Å². The van der Waals surface area contributed by atoms with Gasteiger partial charge in [0.1, 0.15) is 13.2 Å². The molecule has 1 aliphatic rings. The molecule has 0 spiro atoms. The molecule has 2 rings (SSSR count). The molecular formula is C18H25NO4. The van der Waals surface area contributed by atoms with E-state index < -0.39 is 12.1 Å². The number of carbonyl (C=O) groups is 2. The highest BCUT2D eigenvalue weighted by Crippen LogP contribution is 2.29. The fourth-order valence-electron chi connectivity index (χ4n) is 3.19. The van der Waals surface area contributed by atoms with Gasteiger partial charge in [0.15, 0.2) is 0 Å². The van der Waals surface area contributed by atoms with Crippen LogP contribution in [0.1, 0.15) is 44.6 Å². The van der Waals surface area contributed by atoms with Crippen molar-refractivity contribution >= 4 is 12.1 Å². The average Bonchev–Trinajstić information content (AvgIpc) is 2.58. The van der Waals surface area contributed by atoms with Crippen molar-refractivity contribution in [1.29, 1.82) is 0 Å². The number of ether oxygens (including phenoxy) is 1. The summed E-state index contributed by atoms with van der Waals surface area (Å²) in [5.41, 5.74) is 0.890. The van der Waals surface area contributed by atoms with Gasteiger partial charge in [0.25, 0.3) is 0 Å². The second kappa shape index (κ2) is 8.56. The molecule has 0 aliphatic heterocycles. The van der Waals surface area contributed by atoms with Crippen molar-refractivity contribution in [3.63, 3.8) is 0 Å². The van der Waals surface area contributed by atoms with Crippen LogP contribution in [0, 0.1) is 5.92 Å². The van der Waals surface area contributed by atoms with Crippen molar-refractivity contribution in [2.24, 2.45) is 5.92 Å². The first-order valence-electron chi connectivity index (χ1n) is 8.27. The summed E-state index contributed by atoms with van der Waals surface area (Å²) in [5, 5.41) is 9.12. The number of carboxylic acid groups (broad SMARTS) is 1. The van der Waals surface area contributed by atoms with Crippen LogP contribution < -0.4 is 0 Å². The molecule has 126 valence electrons. The van der Waals surface area contributed by atoms with Gasteiger partial charge >= 0.3 is 12.1 Å². The number of nitrogens with zero attached hydrogens (tertiary/aromatic N) is 1. The first kappa shape index (κ1) is 17.3. The Bertz CT molecular complexity index is 511. The SMILES string of the molecule is CC(C1CCCCC1)N(CC(=O)O)C(=O)OCc1ccccc1. The van der Waals surface area contributed by atoms with E-state index in [0.717, 1.165) is 31.2 Å². The molecule has 5 heteroatoms. The molecule has 1 atom stereocenters. The van der Waals surface area contributed by atoms with Crippen LogP contribution in [-0.4, -0.2) is 34.7 Å². The lowest BCUT2D eigenvalue weighted by Crippen LogP contribution is -2.46. The number of benzene rings is 1. The van der Waals surface area contributed by atoms with Crippen LogP contribution >= 0.6 is 0 Å². The van der Waals surface area contributed by atoms with Gasteiger partial charge in [-0.3, -0.25) is 9.69 Å². The Labute approximate surface area is 137 Å². The third-order valence-corrected chi connectivity index (χ3v) is 4.57. The summed E-state index contributed by atoms with van der Waals surface area (Å²) in [5.74, 6) is -0.656. The third-order valence-electron chi connectivity index (χ3n) is 4.57. The van der Waals surface area contributed by atoms with Crippen molar-refractivity contribution in [2.45, 2.75) is 51.7 Å². The molecule has 0 heterocycles. The Morgan fingerprint density at radius 2 is 1.87 bits per heavy atom. The monoisotopic (exact) mass is 319 g/mol. The minimum Gasteiger partial charge on any atom is -0.480 e. The first-order chi connectivity index (χ1) is 11.1. The molecule has 0 bridgehead atoms. The zero-order valence-corrected chi connectivity index (χ0v) is 13.6. The molecule has 1 aliphatic carbocycles. The van der Waals surface area contributed by atoms with E-state index in [9.17, 15) is 9.59 Å². The summed E-state index contributed by atoms with van der Waals surface area (Å²) in [6.07, 6.45) is 5.06. The van der Waals surface area contributed by atoms with Crippen LogP contribution in [-0.2, 0) is 16.1 Å². The molecule has 1 unspecified atom stereocenters. The van der Waals surface area contributed by atoms with Gasteiger partial charge in [-0.1, -0.05) is 49.6 Å². The third kappa shape index (κ3) is 5.27. The van der Waals surface area contributed by atoms with E-state index in [-0.39, 0.29) is 19.2 Å². The zero-order valence-electron chi connectivity index (χ0n) is 13.6. The molecule has 0 aromatic heterocycles. The number of rotatable bonds is 6. The maximum absolute atomic E-state index is 12.4. The van der Waals surface area contributed by atoms with Gasteiger partial charge in [0.05, 0.1) is 0 Å². The second-order valence-electron chi connectivity index (χ2n) is 6.20. The van der Waals surface area contributed by atoms with E-state index in [1.807, 2.05) is 37.3 Å². The van der Waals surface area contributed by atoms with Crippen LogP contribution in [0.4, 0.5) is 4.79 Å². The Morgan fingerprint density at radius 3 is 2.48 bits per heavy atom. The number of carboxylic acids is 1. The van der Waals surface area contributed by atoms with Gasteiger partial charge in [0.2, 0.25) is 0 Å². The number of hydrogen-bond acceptors (Lipinski definition) is 3. The van der Waals surface area contributed by atoms with Crippen LogP contribution in [0.15, 0.2) is 30.3 Å². The highest BCUT2D eigenvalue weighted by atomic mass is 16.6. The normalized spacial score (nSPS) is 16.6. The van der Waals surface area contributed by atoms with E-state index >= 15 is 0 Å². The van der Waals surface area contributed by atoms with Gasteiger partial charge in [-0.2, -0.15) is 0 Å². The summed E-state index contributed by atoms with van der Waals surface area (Å²) >= 11 is 0. The standard InChI is InChI=1S/C18H25NO4/c1-14(16-10-6-3-7-11-16)19(12-17(20)21)18(22)23-13-15-8-4-2-5-9-15/h2,4-5,8-9,14,16H,3,6-7,10-13H2,1H3,(H,20,21). The lowest BCUT2D eigenvalue weighted by atomic mass is 9.84. The predicted octanol–water partition coefficient (Wildman–Crippen LogP) is 3.68. The number of carbonyl (C=O) groups excluding carboxylic acids is 1. The first-order valence-corrected chi connectivity index (χ1v) is 8.27. The molecule has 5 nitrogen and oxygen atoms in total. The summed E-state index contributed by atoms with van der Waals surface area (Å²) in [6.45, 7) is 1.78. The topological polar surface area (TPSA) is 66.8 Å². The number of amides is 1. The summed E-state index contributed by atoms with van der Waals surface area (Å²) in [6, 6.07) is 9.28. The van der Waals surface area contributed by atoms with Crippen LogP contribution in [0.3, 0.4) is 0 Å². The molecule has 1 aromatic carbocycles. The maximum Gasteiger partial charge on any atom is 0.410 e. The van der Waals surface area contributed by atoms with Crippen molar-refractivity contribution in [2.75, 3.05) is 6.54 Å². The molecule has 23 heavy (non-hydrogen) atoms. The van der Waals surface area contributed by atoms with Crippen LogP contribution in [0.2, 0.25) is 0 Å². The maximum atomic E-state index is 12.4. The molecular weight excluding hydrogens is 294 g/mol. The minimum absolute atomic E-state index is 0.116. The highest BCUT2D eigenvalue weighted by molar-refractivity contribution is 5.77. The van der Waals surface area contributed by atoms with E-state index in [1.54, 1.807) is 0 Å². The minimum atomic E-state index is -1.01. The van der Waals surface area contributed by atoms with Gasteiger partial charge < -0.3 is 9.84 Å². The van der Waals surface area contributed by atoms with Crippen LogP contribution in [0.25, 0.3) is 0 Å². The molecule has 1 fully saturated rings. The largest absolute Gasteiger partial charge is 0.480 e. The average molecular weight is 319 g/mol. The summed E-state index contributed by atoms with van der Waals surface area (Å²) in [4.78, 5) is 24.9. The van der Waals surface area contributed by atoms with Crippen molar-refractivity contribution in [1.82, 2.24) is 4.90 Å². The predicted molar refractivity (Wildman–Crippen MR) is 87.0 cm³/mol. The Morgan fingerprint density at radius 1 is 1.22 bits per heavy atom. The van der Waals surface area contributed by atoms with Gasteiger partial charge in [-0.15, -0.1) is 0 Å². The van der Waals surface area contributed by atoms with E-state index in [1.165, 1.54) is 11.3 Å². The van der Waals surface area contributed by atoms with E-state index in [2.05, 4.69) is 0 Å². The number of hydrogen-bond donors (Lipinski definition) is 1. The van der Waals surface area contributed by atoms with Crippen LogP contribution in [0.5, 0.6) is 0 Å². The molecule has 1 saturated carbocycles.